The molecule has 0 aliphatic heterocycles. The third kappa shape index (κ3) is 8.26. The van der Waals surface area contributed by atoms with Crippen LogP contribution in [0.15, 0.2) is 59.5 Å². The number of benzene rings is 3. The summed E-state index contributed by atoms with van der Waals surface area (Å²) in [6.45, 7) is 3.68. The predicted molar refractivity (Wildman–Crippen MR) is 134 cm³/mol. The average molecular weight is 606 g/mol. The van der Waals surface area contributed by atoms with Crippen LogP contribution in [-0.2, 0) is 16.3 Å². The molecule has 10 nitrogen and oxygen atoms in total. The molecule has 0 fully saturated rings. The summed E-state index contributed by atoms with van der Waals surface area (Å²) in [7, 11) is -1.36. The van der Waals surface area contributed by atoms with E-state index < -0.39 is 65.9 Å². The number of alkyl halides is 3. The molecule has 0 spiro atoms. The molecule has 0 saturated carbocycles. The Balaban J connectivity index is 0.000000446. The Kier molecular flexibility index (Phi) is 10.3. The number of quaternary nitrogens is 1. The standard InChI is InChI=1S/C18H17F5N3O4.C7H8O3S/c1-4-26(3,24-2)17(27)12-9-11(5-6-15(12)25(28)29)30-16-13(19)7-10(8-14(16)20)18(21,22)23;1-6-2-4-7(5-3-6)11(8,9)10/h5-9,24H,4H2,1-3H3;2-5H,1H3,(H,8,9,10)/q+1;/p-1. The third-order valence-electron chi connectivity index (χ3n) is 5.82. The van der Waals surface area contributed by atoms with Crippen LogP contribution in [-0.4, -0.2) is 49.0 Å². The summed E-state index contributed by atoms with van der Waals surface area (Å²) in [5.74, 6) is -5.50. The highest BCUT2D eigenvalue weighted by atomic mass is 32.2. The molecule has 41 heavy (non-hydrogen) atoms. The number of carbonyl (C=O) groups excluding carboxylic acids is 1. The van der Waals surface area contributed by atoms with E-state index in [1.54, 1.807) is 19.1 Å². The second-order valence-electron chi connectivity index (χ2n) is 8.61. The summed E-state index contributed by atoms with van der Waals surface area (Å²) < 4.78 is 102. The number of nitrogens with one attached hydrogen (secondary N) is 1. The number of nitro benzene ring substituents is 1. The average Bonchev–Trinajstić information content (AvgIpc) is 2.89. The smallest absolute Gasteiger partial charge is 0.416 e. The number of amides is 1. The topological polar surface area (TPSA) is 139 Å². The number of hydrogen-bond acceptors (Lipinski definition) is 8. The normalized spacial score (nSPS) is 13.0. The molecule has 1 unspecified atom stereocenters. The van der Waals surface area contributed by atoms with E-state index in [9.17, 15) is 49.8 Å². The Bertz CT molecular complexity index is 1520. The van der Waals surface area contributed by atoms with Crippen molar-refractivity contribution in [1.29, 1.82) is 0 Å². The first-order chi connectivity index (χ1) is 18.8. The van der Waals surface area contributed by atoms with E-state index in [0.29, 0.717) is 0 Å². The number of hydrogen-bond donors (Lipinski definition) is 1. The van der Waals surface area contributed by atoms with Gasteiger partial charge in [0, 0.05) is 19.2 Å². The number of aryl methyl sites for hydroxylation is 1. The largest absolute Gasteiger partial charge is 0.744 e. The minimum atomic E-state index is -4.97. The van der Waals surface area contributed by atoms with E-state index in [4.69, 9.17) is 4.74 Å². The molecule has 0 aliphatic carbocycles. The number of ether oxygens (including phenoxy) is 1. The molecule has 3 rings (SSSR count). The van der Waals surface area contributed by atoms with E-state index in [1.165, 1.54) is 26.2 Å². The zero-order valence-electron chi connectivity index (χ0n) is 22.0. The van der Waals surface area contributed by atoms with Gasteiger partial charge in [-0.25, -0.2) is 22.0 Å². The molecule has 0 heterocycles. The highest BCUT2D eigenvalue weighted by Gasteiger charge is 2.37. The first-order valence-electron chi connectivity index (χ1n) is 11.5. The molecule has 0 bridgehead atoms. The number of rotatable bonds is 7. The Morgan fingerprint density at radius 3 is 2.00 bits per heavy atom. The van der Waals surface area contributed by atoms with E-state index >= 15 is 0 Å². The second kappa shape index (κ2) is 12.7. The van der Waals surface area contributed by atoms with E-state index in [0.717, 1.165) is 23.8 Å². The molecule has 16 heteroatoms. The molecule has 222 valence electrons. The van der Waals surface area contributed by atoms with Crippen LogP contribution in [0.4, 0.5) is 27.6 Å². The summed E-state index contributed by atoms with van der Waals surface area (Å²) in [4.78, 5) is 23.1. The van der Waals surface area contributed by atoms with Crippen LogP contribution in [0.25, 0.3) is 0 Å². The molecule has 0 aliphatic rings. The first-order valence-corrected chi connectivity index (χ1v) is 12.9. The molecule has 3 aromatic rings. The van der Waals surface area contributed by atoms with Crippen LogP contribution in [0.5, 0.6) is 11.5 Å². The van der Waals surface area contributed by atoms with Gasteiger partial charge in [0.25, 0.3) is 5.69 Å². The fourth-order valence-corrected chi connectivity index (χ4v) is 3.69. The molecule has 1 atom stereocenters. The summed E-state index contributed by atoms with van der Waals surface area (Å²) in [6, 6.07) is 8.68. The third-order valence-corrected chi connectivity index (χ3v) is 6.67. The molecule has 0 radical (unpaired) electrons. The fraction of sp³-hybridized carbons (Fsp3) is 0.240. The molecule has 0 saturated heterocycles. The van der Waals surface area contributed by atoms with Crippen molar-refractivity contribution >= 4 is 21.7 Å². The molecule has 3 aromatic carbocycles. The zero-order chi connectivity index (χ0) is 31.3. The Morgan fingerprint density at radius 2 is 1.59 bits per heavy atom. The maximum atomic E-state index is 14.0. The Morgan fingerprint density at radius 1 is 1.05 bits per heavy atom. The SMILES string of the molecule is CC[N+](C)(NC)C(=O)c1cc(Oc2c(F)cc(C(F)(F)F)cc2F)ccc1[N+](=O)[O-].Cc1ccc(S(=O)(=O)[O-])cc1. The van der Waals surface area contributed by atoms with Gasteiger partial charge in [0.2, 0.25) is 0 Å². The second-order valence-corrected chi connectivity index (χ2v) is 9.99. The lowest BCUT2D eigenvalue weighted by molar-refractivity contribution is -0.870. The van der Waals surface area contributed by atoms with Crippen molar-refractivity contribution in [3.63, 3.8) is 0 Å². The van der Waals surface area contributed by atoms with Gasteiger partial charge in [0.15, 0.2) is 22.9 Å². The molecule has 1 amide bonds. The van der Waals surface area contributed by atoms with Crippen molar-refractivity contribution in [1.82, 2.24) is 5.43 Å². The lowest BCUT2D eigenvalue weighted by atomic mass is 10.1. The lowest BCUT2D eigenvalue weighted by Gasteiger charge is -2.28. The van der Waals surface area contributed by atoms with Crippen LogP contribution >= 0.6 is 0 Å². The first kappa shape index (κ1) is 33.2. The highest BCUT2D eigenvalue weighted by Crippen LogP contribution is 2.36. The minimum Gasteiger partial charge on any atom is -0.744 e. The lowest BCUT2D eigenvalue weighted by Crippen LogP contribution is -2.57. The number of halogens is 5. The van der Waals surface area contributed by atoms with E-state index in [-0.39, 0.29) is 29.3 Å². The van der Waals surface area contributed by atoms with Gasteiger partial charge in [-0.3, -0.25) is 10.1 Å². The van der Waals surface area contributed by atoms with Crippen molar-refractivity contribution in [2.24, 2.45) is 0 Å². The molecule has 0 aromatic heterocycles. The van der Waals surface area contributed by atoms with Crippen molar-refractivity contribution < 1.29 is 54.0 Å². The zero-order valence-corrected chi connectivity index (χ0v) is 22.8. The summed E-state index contributed by atoms with van der Waals surface area (Å²) in [5, 5.41) is 11.3. The Hall–Kier alpha value is -3.99. The van der Waals surface area contributed by atoms with E-state index in [1.807, 2.05) is 6.92 Å². The Labute approximate surface area is 231 Å². The number of nitro groups is 1. The van der Waals surface area contributed by atoms with Crippen LogP contribution < -0.4 is 10.2 Å². The number of nitrogens with zero attached hydrogens (tertiary/aromatic N) is 2. The van der Waals surface area contributed by atoms with E-state index in [2.05, 4.69) is 5.43 Å². The monoisotopic (exact) mass is 605 g/mol. The summed E-state index contributed by atoms with van der Waals surface area (Å²) >= 11 is 0. The molecular weight excluding hydrogens is 581 g/mol. The predicted octanol–water partition coefficient (Wildman–Crippen LogP) is 5.32. The van der Waals surface area contributed by atoms with Gasteiger partial charge in [0.05, 0.1) is 22.4 Å². The summed E-state index contributed by atoms with van der Waals surface area (Å²) in [6.07, 6.45) is -4.97. The molecule has 1 N–H and O–H groups in total. The van der Waals surface area contributed by atoms with Crippen LogP contribution in [0.3, 0.4) is 0 Å². The van der Waals surface area contributed by atoms with Crippen molar-refractivity contribution in [3.05, 3.63) is 93.0 Å². The van der Waals surface area contributed by atoms with Crippen molar-refractivity contribution in [2.45, 2.75) is 24.9 Å². The quantitative estimate of drug-likeness (QED) is 0.126. The van der Waals surface area contributed by atoms with Crippen LogP contribution in [0.1, 0.15) is 28.4 Å². The van der Waals surface area contributed by atoms with Crippen LogP contribution in [0, 0.1) is 28.7 Å². The highest BCUT2D eigenvalue weighted by molar-refractivity contribution is 7.85. The van der Waals surface area contributed by atoms with Gasteiger partial charge >= 0.3 is 12.1 Å². The maximum Gasteiger partial charge on any atom is 0.416 e. The van der Waals surface area contributed by atoms with Gasteiger partial charge in [-0.05, 0) is 44.2 Å². The van der Waals surface area contributed by atoms with Gasteiger partial charge in [-0.2, -0.15) is 23.2 Å². The van der Waals surface area contributed by atoms with Gasteiger partial charge < -0.3 is 9.29 Å². The van der Waals surface area contributed by atoms with Gasteiger partial charge in [0.1, 0.15) is 22.4 Å². The number of carbonyl (C=O) groups is 1. The van der Waals surface area contributed by atoms with Crippen molar-refractivity contribution in [3.8, 4) is 11.5 Å². The summed E-state index contributed by atoms with van der Waals surface area (Å²) in [5.41, 5.74) is 1.09. The van der Waals surface area contributed by atoms with Gasteiger partial charge in [-0.1, -0.05) is 17.7 Å². The fourth-order valence-electron chi connectivity index (χ4n) is 3.22. The van der Waals surface area contributed by atoms with Crippen LogP contribution in [0.2, 0.25) is 0 Å². The van der Waals surface area contributed by atoms with Gasteiger partial charge in [-0.15, -0.1) is 0 Å². The van der Waals surface area contributed by atoms with Crippen molar-refractivity contribution in [2.75, 3.05) is 20.6 Å². The minimum absolute atomic E-state index is 0.0575. The maximum absolute atomic E-state index is 14.0. The molecular formula is C25H24F5N3O7S.